The SMILES string of the molecule is C[C@@H](c1ccc(OC(F)(F)F)cc1)N1CCCOC1=O. The van der Waals surface area contributed by atoms with E-state index in [1.807, 2.05) is 0 Å². The Balaban J connectivity index is 2.07. The molecule has 0 N–H and O–H groups in total. The first-order chi connectivity index (χ1) is 9.37. The molecule has 7 heteroatoms. The molecule has 0 unspecified atom stereocenters. The van der Waals surface area contributed by atoms with Crippen LogP contribution in [0.2, 0.25) is 0 Å². The van der Waals surface area contributed by atoms with Gasteiger partial charge in [-0.25, -0.2) is 4.79 Å². The summed E-state index contributed by atoms with van der Waals surface area (Å²) in [6.07, 6.45) is -4.37. The molecule has 1 aromatic carbocycles. The van der Waals surface area contributed by atoms with Crippen LogP contribution in [0.5, 0.6) is 5.75 Å². The predicted octanol–water partition coefficient (Wildman–Crippen LogP) is 3.49. The van der Waals surface area contributed by atoms with Crippen LogP contribution in [0.4, 0.5) is 18.0 Å². The summed E-state index contributed by atoms with van der Waals surface area (Å²) in [4.78, 5) is 13.1. The van der Waals surface area contributed by atoms with Crippen molar-refractivity contribution in [2.45, 2.75) is 25.7 Å². The van der Waals surface area contributed by atoms with Crippen LogP contribution in [-0.2, 0) is 4.74 Å². The third-order valence-corrected chi connectivity index (χ3v) is 3.07. The number of nitrogens with zero attached hydrogens (tertiary/aromatic N) is 1. The Morgan fingerprint density at radius 1 is 1.30 bits per heavy atom. The van der Waals surface area contributed by atoms with Gasteiger partial charge in [0, 0.05) is 6.54 Å². The van der Waals surface area contributed by atoms with Gasteiger partial charge in [0.1, 0.15) is 5.75 Å². The topological polar surface area (TPSA) is 38.8 Å². The van der Waals surface area contributed by atoms with Crippen molar-refractivity contribution in [1.29, 1.82) is 0 Å². The van der Waals surface area contributed by atoms with Gasteiger partial charge in [-0.3, -0.25) is 0 Å². The lowest BCUT2D eigenvalue weighted by atomic mass is 10.1. The zero-order valence-corrected chi connectivity index (χ0v) is 10.8. The second-order valence-corrected chi connectivity index (χ2v) is 4.45. The van der Waals surface area contributed by atoms with Gasteiger partial charge in [-0.2, -0.15) is 0 Å². The summed E-state index contributed by atoms with van der Waals surface area (Å²) >= 11 is 0. The lowest BCUT2D eigenvalue weighted by Crippen LogP contribution is -2.39. The number of ether oxygens (including phenoxy) is 2. The van der Waals surface area contributed by atoms with E-state index in [1.165, 1.54) is 24.3 Å². The third kappa shape index (κ3) is 3.55. The number of hydrogen-bond acceptors (Lipinski definition) is 3. The van der Waals surface area contributed by atoms with E-state index >= 15 is 0 Å². The molecule has 110 valence electrons. The summed E-state index contributed by atoms with van der Waals surface area (Å²) in [6, 6.07) is 5.22. The molecular weight excluding hydrogens is 275 g/mol. The Kier molecular flexibility index (Phi) is 4.06. The van der Waals surface area contributed by atoms with Crippen molar-refractivity contribution in [3.05, 3.63) is 29.8 Å². The van der Waals surface area contributed by atoms with E-state index in [1.54, 1.807) is 11.8 Å². The first kappa shape index (κ1) is 14.5. The maximum Gasteiger partial charge on any atom is 0.573 e. The summed E-state index contributed by atoms with van der Waals surface area (Å²) in [5, 5.41) is 0. The van der Waals surface area contributed by atoms with Crippen LogP contribution in [0.25, 0.3) is 0 Å². The number of rotatable bonds is 3. The van der Waals surface area contributed by atoms with Crippen molar-refractivity contribution in [3.8, 4) is 5.75 Å². The third-order valence-electron chi connectivity index (χ3n) is 3.07. The molecule has 0 radical (unpaired) electrons. The lowest BCUT2D eigenvalue weighted by Gasteiger charge is -2.32. The smallest absolute Gasteiger partial charge is 0.449 e. The average molecular weight is 289 g/mol. The summed E-state index contributed by atoms with van der Waals surface area (Å²) in [5.41, 5.74) is 0.721. The Hall–Kier alpha value is -1.92. The molecule has 4 nitrogen and oxygen atoms in total. The Bertz CT molecular complexity index is 473. The number of amides is 1. The van der Waals surface area contributed by atoms with Crippen LogP contribution in [-0.4, -0.2) is 30.5 Å². The molecule has 0 bridgehead atoms. The van der Waals surface area contributed by atoms with Gasteiger partial charge in [-0.1, -0.05) is 12.1 Å². The van der Waals surface area contributed by atoms with Crippen molar-refractivity contribution in [2.75, 3.05) is 13.2 Å². The number of halogens is 3. The maximum absolute atomic E-state index is 12.1. The number of hydrogen-bond donors (Lipinski definition) is 0. The quantitative estimate of drug-likeness (QED) is 0.855. The van der Waals surface area contributed by atoms with Gasteiger partial charge in [0.25, 0.3) is 0 Å². The molecule has 1 aromatic rings. The number of cyclic esters (lactones) is 1. The molecular formula is C13H14F3NO3. The minimum absolute atomic E-state index is 0.261. The zero-order chi connectivity index (χ0) is 14.8. The molecule has 1 amide bonds. The van der Waals surface area contributed by atoms with Crippen molar-refractivity contribution >= 4 is 6.09 Å². The first-order valence-electron chi connectivity index (χ1n) is 6.16. The van der Waals surface area contributed by atoms with Crippen LogP contribution in [0.3, 0.4) is 0 Å². The van der Waals surface area contributed by atoms with Crippen molar-refractivity contribution in [2.24, 2.45) is 0 Å². The molecule has 1 saturated heterocycles. The van der Waals surface area contributed by atoms with Gasteiger partial charge < -0.3 is 14.4 Å². The zero-order valence-electron chi connectivity index (χ0n) is 10.8. The number of carbonyl (C=O) groups is 1. The Labute approximate surface area is 114 Å². The fraction of sp³-hybridized carbons (Fsp3) is 0.462. The van der Waals surface area contributed by atoms with E-state index < -0.39 is 12.5 Å². The minimum atomic E-state index is -4.70. The molecule has 20 heavy (non-hydrogen) atoms. The fourth-order valence-electron chi connectivity index (χ4n) is 2.05. The highest BCUT2D eigenvalue weighted by Gasteiger charge is 2.31. The molecule has 1 heterocycles. The highest BCUT2D eigenvalue weighted by Crippen LogP contribution is 2.27. The van der Waals surface area contributed by atoms with Gasteiger partial charge in [-0.15, -0.1) is 13.2 Å². The summed E-state index contributed by atoms with van der Waals surface area (Å²) in [6.45, 7) is 2.77. The summed E-state index contributed by atoms with van der Waals surface area (Å²) in [7, 11) is 0. The molecule has 0 aromatic heterocycles. The summed E-state index contributed by atoms with van der Waals surface area (Å²) < 4.78 is 44.9. The first-order valence-corrected chi connectivity index (χ1v) is 6.16. The van der Waals surface area contributed by atoms with E-state index in [0.29, 0.717) is 13.2 Å². The molecule has 1 atom stereocenters. The maximum atomic E-state index is 12.1. The fourth-order valence-corrected chi connectivity index (χ4v) is 2.05. The van der Waals surface area contributed by atoms with E-state index in [-0.39, 0.29) is 11.8 Å². The van der Waals surface area contributed by atoms with E-state index in [4.69, 9.17) is 4.74 Å². The predicted molar refractivity (Wildman–Crippen MR) is 64.2 cm³/mol. The van der Waals surface area contributed by atoms with E-state index in [2.05, 4.69) is 4.74 Å². The highest BCUT2D eigenvalue weighted by atomic mass is 19.4. The molecule has 1 aliphatic heterocycles. The molecule has 1 aliphatic rings. The largest absolute Gasteiger partial charge is 0.573 e. The van der Waals surface area contributed by atoms with Crippen LogP contribution in [0, 0.1) is 0 Å². The lowest BCUT2D eigenvalue weighted by molar-refractivity contribution is -0.274. The number of benzene rings is 1. The number of alkyl halides is 3. The molecule has 0 saturated carbocycles. The van der Waals surface area contributed by atoms with Crippen molar-refractivity contribution in [3.63, 3.8) is 0 Å². The second-order valence-electron chi connectivity index (χ2n) is 4.45. The van der Waals surface area contributed by atoms with E-state index in [0.717, 1.165) is 12.0 Å². The van der Waals surface area contributed by atoms with Gasteiger partial charge in [0.15, 0.2) is 0 Å². The highest BCUT2D eigenvalue weighted by molar-refractivity contribution is 5.68. The standard InChI is InChI=1S/C13H14F3NO3/c1-9(17-7-2-8-19-12(17)18)10-3-5-11(6-4-10)20-13(14,15)16/h3-6,9H,2,7-8H2,1H3/t9-/m0/s1. The normalized spacial score (nSPS) is 17.6. The monoisotopic (exact) mass is 289 g/mol. The Morgan fingerprint density at radius 2 is 1.95 bits per heavy atom. The molecule has 0 aliphatic carbocycles. The second kappa shape index (κ2) is 5.60. The number of carbonyl (C=O) groups excluding carboxylic acids is 1. The van der Waals surface area contributed by atoms with Gasteiger partial charge >= 0.3 is 12.5 Å². The molecule has 0 spiro atoms. The van der Waals surface area contributed by atoms with Crippen molar-refractivity contribution in [1.82, 2.24) is 4.90 Å². The van der Waals surface area contributed by atoms with Crippen molar-refractivity contribution < 1.29 is 27.4 Å². The van der Waals surface area contributed by atoms with Gasteiger partial charge in [0.05, 0.1) is 12.6 Å². The van der Waals surface area contributed by atoms with E-state index in [9.17, 15) is 18.0 Å². The van der Waals surface area contributed by atoms with Crippen LogP contribution in [0.15, 0.2) is 24.3 Å². The average Bonchev–Trinajstić information content (AvgIpc) is 2.37. The van der Waals surface area contributed by atoms with Crippen LogP contribution in [0.1, 0.15) is 24.9 Å². The molecule has 1 fully saturated rings. The Morgan fingerprint density at radius 3 is 2.50 bits per heavy atom. The molecule has 2 rings (SSSR count). The van der Waals surface area contributed by atoms with Gasteiger partial charge in [0.2, 0.25) is 0 Å². The summed E-state index contributed by atoms with van der Waals surface area (Å²) in [5.74, 6) is -0.283. The van der Waals surface area contributed by atoms with Gasteiger partial charge in [-0.05, 0) is 31.0 Å². The van der Waals surface area contributed by atoms with Crippen LogP contribution >= 0.6 is 0 Å². The minimum Gasteiger partial charge on any atom is -0.449 e. The van der Waals surface area contributed by atoms with Crippen LogP contribution < -0.4 is 4.74 Å².